The van der Waals surface area contributed by atoms with Crippen molar-refractivity contribution in [2.45, 2.75) is 39.0 Å². The summed E-state index contributed by atoms with van der Waals surface area (Å²) in [5, 5.41) is 3.24. The van der Waals surface area contributed by atoms with Crippen LogP contribution >= 0.6 is 11.3 Å². The predicted octanol–water partition coefficient (Wildman–Crippen LogP) is 4.17. The lowest BCUT2D eigenvalue weighted by atomic mass is 9.85. The van der Waals surface area contributed by atoms with Gasteiger partial charge in [-0.15, -0.1) is 11.3 Å². The van der Waals surface area contributed by atoms with Crippen LogP contribution in [0.2, 0.25) is 0 Å². The number of anilines is 1. The van der Waals surface area contributed by atoms with Gasteiger partial charge in [0.25, 0.3) is 5.91 Å². The Hall–Kier alpha value is -2.87. The molecule has 7 nitrogen and oxygen atoms in total. The van der Waals surface area contributed by atoms with E-state index in [0.29, 0.717) is 28.3 Å². The van der Waals surface area contributed by atoms with Crippen LogP contribution in [0.5, 0.6) is 5.75 Å². The van der Waals surface area contributed by atoms with E-state index < -0.39 is 11.9 Å². The van der Waals surface area contributed by atoms with Gasteiger partial charge in [-0.25, -0.2) is 4.79 Å². The molecule has 0 saturated heterocycles. The molecule has 1 aromatic carbocycles. The molecule has 30 heavy (non-hydrogen) atoms. The topological polar surface area (TPSA) is 90.9 Å². The van der Waals surface area contributed by atoms with Gasteiger partial charge in [-0.3, -0.25) is 9.59 Å². The van der Waals surface area contributed by atoms with Gasteiger partial charge in [0.1, 0.15) is 10.8 Å². The van der Waals surface area contributed by atoms with Crippen LogP contribution in [0.3, 0.4) is 0 Å². The van der Waals surface area contributed by atoms with Gasteiger partial charge in [-0.1, -0.05) is 0 Å². The number of amides is 1. The highest BCUT2D eigenvalue weighted by Crippen LogP contribution is 2.44. The van der Waals surface area contributed by atoms with Crippen LogP contribution in [0, 0.1) is 0 Å². The molecule has 1 aliphatic carbocycles. The van der Waals surface area contributed by atoms with E-state index in [0.717, 1.165) is 17.7 Å². The minimum absolute atomic E-state index is 0.194. The van der Waals surface area contributed by atoms with Crippen molar-refractivity contribution < 1.29 is 28.6 Å². The number of fused-ring (bicyclic) bond motifs is 1. The first-order valence-corrected chi connectivity index (χ1v) is 10.8. The summed E-state index contributed by atoms with van der Waals surface area (Å²) >= 11 is 1.32. The second-order valence-corrected chi connectivity index (χ2v) is 7.85. The number of hydrogen-bond acceptors (Lipinski definition) is 7. The fourth-order valence-electron chi connectivity index (χ4n) is 3.55. The molecular formula is C22H25NO6S. The lowest BCUT2D eigenvalue weighted by molar-refractivity contribution is -0.145. The lowest BCUT2D eigenvalue weighted by Gasteiger charge is -2.22. The third-order valence-corrected chi connectivity index (χ3v) is 6.08. The molecule has 160 valence electrons. The molecule has 0 fully saturated rings. The molecule has 0 bridgehead atoms. The molecule has 0 spiro atoms. The highest BCUT2D eigenvalue weighted by atomic mass is 32.1. The number of methoxy groups -OCH3 is 1. The Morgan fingerprint density at radius 3 is 2.43 bits per heavy atom. The molecule has 3 rings (SSSR count). The molecule has 1 atom stereocenters. The summed E-state index contributed by atoms with van der Waals surface area (Å²) in [4.78, 5) is 39.0. The maximum absolute atomic E-state index is 12.8. The fourth-order valence-corrected chi connectivity index (χ4v) is 4.83. The van der Waals surface area contributed by atoms with Gasteiger partial charge >= 0.3 is 11.9 Å². The predicted molar refractivity (Wildman–Crippen MR) is 114 cm³/mol. The van der Waals surface area contributed by atoms with E-state index in [1.807, 2.05) is 0 Å². The van der Waals surface area contributed by atoms with Crippen molar-refractivity contribution in [2.75, 3.05) is 25.6 Å². The number of aryl methyl sites for hydroxylation is 1. The summed E-state index contributed by atoms with van der Waals surface area (Å²) in [5.74, 6) is -1.14. The van der Waals surface area contributed by atoms with E-state index in [1.54, 1.807) is 45.2 Å². The van der Waals surface area contributed by atoms with Crippen molar-refractivity contribution in [3.63, 3.8) is 0 Å². The number of benzene rings is 1. The quantitative estimate of drug-likeness (QED) is 0.662. The van der Waals surface area contributed by atoms with Gasteiger partial charge in [0.15, 0.2) is 0 Å². The molecule has 1 heterocycles. The molecule has 0 radical (unpaired) electrons. The van der Waals surface area contributed by atoms with E-state index in [9.17, 15) is 14.4 Å². The zero-order chi connectivity index (χ0) is 21.7. The van der Waals surface area contributed by atoms with E-state index in [1.165, 1.54) is 11.3 Å². The molecule has 8 heteroatoms. The zero-order valence-corrected chi connectivity index (χ0v) is 18.1. The van der Waals surface area contributed by atoms with Gasteiger partial charge in [0.05, 0.1) is 31.8 Å². The first kappa shape index (κ1) is 21.8. The van der Waals surface area contributed by atoms with Crippen LogP contribution < -0.4 is 10.1 Å². The van der Waals surface area contributed by atoms with Crippen LogP contribution in [0.1, 0.15) is 63.8 Å². The molecule has 2 aromatic rings. The van der Waals surface area contributed by atoms with E-state index in [2.05, 4.69) is 5.32 Å². The maximum atomic E-state index is 12.8. The van der Waals surface area contributed by atoms with E-state index in [4.69, 9.17) is 14.2 Å². The number of hydrogen-bond donors (Lipinski definition) is 1. The van der Waals surface area contributed by atoms with Crippen molar-refractivity contribution in [1.29, 1.82) is 0 Å². The summed E-state index contributed by atoms with van der Waals surface area (Å²) in [6, 6.07) is 6.68. The molecule has 0 aliphatic heterocycles. The maximum Gasteiger partial charge on any atom is 0.341 e. The van der Waals surface area contributed by atoms with Crippen LogP contribution in [0.15, 0.2) is 24.3 Å². The number of esters is 2. The number of nitrogens with one attached hydrogen (secondary N) is 1. The largest absolute Gasteiger partial charge is 0.497 e. The minimum Gasteiger partial charge on any atom is -0.497 e. The molecule has 1 aromatic heterocycles. The SMILES string of the molecule is CCOC(=O)c1c(NC(=O)c2ccc(OC)cc2)sc2c1C(C(=O)OCC)CCC2. The van der Waals surface area contributed by atoms with Crippen molar-refractivity contribution in [3.05, 3.63) is 45.8 Å². The standard InChI is InChI=1S/C22H25NO6S/c1-4-28-21(25)15-7-6-8-16-17(15)18(22(26)29-5-2)20(30-16)23-19(24)13-9-11-14(27-3)12-10-13/h9-12,15H,4-8H2,1-3H3,(H,23,24). The fraction of sp³-hybridized carbons (Fsp3) is 0.409. The van der Waals surface area contributed by atoms with Gasteiger partial charge in [0, 0.05) is 10.4 Å². The van der Waals surface area contributed by atoms with Crippen LogP contribution in [-0.2, 0) is 20.7 Å². The van der Waals surface area contributed by atoms with Crippen molar-refractivity contribution in [3.8, 4) is 5.75 Å². The van der Waals surface area contributed by atoms with Gasteiger partial charge in [-0.2, -0.15) is 0 Å². The highest BCUT2D eigenvalue weighted by molar-refractivity contribution is 7.17. The Kier molecular flexibility index (Phi) is 7.10. The molecule has 1 N–H and O–H groups in total. The van der Waals surface area contributed by atoms with Crippen molar-refractivity contribution >= 4 is 34.2 Å². The third kappa shape index (κ3) is 4.48. The molecule has 1 amide bonds. The first-order chi connectivity index (χ1) is 14.5. The molecule has 0 saturated carbocycles. The Morgan fingerprint density at radius 1 is 1.10 bits per heavy atom. The summed E-state index contributed by atoms with van der Waals surface area (Å²) in [6.45, 7) is 3.93. The first-order valence-electron chi connectivity index (χ1n) is 9.94. The second-order valence-electron chi connectivity index (χ2n) is 6.74. The number of thiophene rings is 1. The molecule has 1 unspecified atom stereocenters. The third-order valence-electron chi connectivity index (χ3n) is 4.90. The van der Waals surface area contributed by atoms with Gasteiger partial charge in [-0.05, 0) is 62.9 Å². The zero-order valence-electron chi connectivity index (χ0n) is 17.3. The van der Waals surface area contributed by atoms with Gasteiger partial charge in [0.2, 0.25) is 0 Å². The number of ether oxygens (including phenoxy) is 3. The monoisotopic (exact) mass is 431 g/mol. The average Bonchev–Trinajstić information content (AvgIpc) is 3.12. The number of carbonyl (C=O) groups excluding carboxylic acids is 3. The Morgan fingerprint density at radius 2 is 1.80 bits per heavy atom. The second kappa shape index (κ2) is 9.75. The summed E-state index contributed by atoms with van der Waals surface area (Å²) in [6.07, 6.45) is 2.15. The summed E-state index contributed by atoms with van der Waals surface area (Å²) in [5.41, 5.74) is 1.32. The Labute approximate surface area is 179 Å². The molecular weight excluding hydrogens is 406 g/mol. The van der Waals surface area contributed by atoms with E-state index in [-0.39, 0.29) is 30.7 Å². The van der Waals surface area contributed by atoms with Gasteiger partial charge < -0.3 is 19.5 Å². The van der Waals surface area contributed by atoms with Crippen molar-refractivity contribution in [1.82, 2.24) is 0 Å². The Bertz CT molecular complexity index is 934. The highest BCUT2D eigenvalue weighted by Gasteiger charge is 2.36. The summed E-state index contributed by atoms with van der Waals surface area (Å²) < 4.78 is 15.6. The normalized spacial score (nSPS) is 15.1. The van der Waals surface area contributed by atoms with Crippen LogP contribution in [0.25, 0.3) is 0 Å². The Balaban J connectivity index is 1.98. The van der Waals surface area contributed by atoms with Crippen molar-refractivity contribution in [2.24, 2.45) is 0 Å². The molecule has 1 aliphatic rings. The van der Waals surface area contributed by atoms with Crippen LogP contribution in [0.4, 0.5) is 5.00 Å². The number of rotatable bonds is 7. The smallest absolute Gasteiger partial charge is 0.341 e. The summed E-state index contributed by atoms with van der Waals surface area (Å²) in [7, 11) is 1.55. The average molecular weight is 432 g/mol. The number of carbonyl (C=O) groups is 3. The van der Waals surface area contributed by atoms with E-state index >= 15 is 0 Å². The minimum atomic E-state index is -0.545. The van der Waals surface area contributed by atoms with Crippen LogP contribution in [-0.4, -0.2) is 38.2 Å². The lowest BCUT2D eigenvalue weighted by Crippen LogP contribution is -2.23.